The summed E-state index contributed by atoms with van der Waals surface area (Å²) in [5.74, 6) is -2.98. The summed E-state index contributed by atoms with van der Waals surface area (Å²) in [6.07, 6.45) is 1.12. The lowest BCUT2D eigenvalue weighted by Gasteiger charge is -2.30. The molecular formula is C17H20N2O7. The number of carboxylic acid groups (broad SMARTS) is 1. The first kappa shape index (κ1) is 19.2. The van der Waals surface area contributed by atoms with Crippen LogP contribution in [0, 0.1) is 5.92 Å². The van der Waals surface area contributed by atoms with E-state index in [4.69, 9.17) is 5.11 Å². The van der Waals surface area contributed by atoms with Gasteiger partial charge in [0.25, 0.3) is 0 Å². The van der Waals surface area contributed by atoms with E-state index < -0.39 is 29.9 Å². The van der Waals surface area contributed by atoms with Gasteiger partial charge in [-0.1, -0.05) is 0 Å². The highest BCUT2D eigenvalue weighted by Gasteiger charge is 2.28. The minimum absolute atomic E-state index is 0.0151. The first-order valence-electron chi connectivity index (χ1n) is 7.96. The molecule has 0 aromatic heterocycles. The second-order valence-corrected chi connectivity index (χ2v) is 5.80. The summed E-state index contributed by atoms with van der Waals surface area (Å²) in [4.78, 5) is 48.5. The molecule has 1 aromatic carbocycles. The summed E-state index contributed by atoms with van der Waals surface area (Å²) >= 11 is 0. The number of benzene rings is 1. The molecule has 0 aliphatic carbocycles. The lowest BCUT2D eigenvalue weighted by atomic mass is 9.99. The van der Waals surface area contributed by atoms with Gasteiger partial charge in [0, 0.05) is 18.8 Å². The molecule has 1 aromatic rings. The number of ether oxygens (including phenoxy) is 2. The third-order valence-corrected chi connectivity index (χ3v) is 4.14. The van der Waals surface area contributed by atoms with Crippen molar-refractivity contribution in [3.63, 3.8) is 0 Å². The van der Waals surface area contributed by atoms with Crippen LogP contribution in [0.15, 0.2) is 18.2 Å². The maximum Gasteiger partial charge on any atom is 0.338 e. The number of methoxy groups -OCH3 is 2. The average molecular weight is 364 g/mol. The van der Waals surface area contributed by atoms with Crippen molar-refractivity contribution in [2.45, 2.75) is 12.8 Å². The Morgan fingerprint density at radius 2 is 1.77 bits per heavy atom. The zero-order valence-corrected chi connectivity index (χ0v) is 14.5. The number of carboxylic acids is 1. The maximum atomic E-state index is 12.4. The molecule has 2 N–H and O–H groups in total. The summed E-state index contributed by atoms with van der Waals surface area (Å²) < 4.78 is 9.28. The Balaban J connectivity index is 2.18. The highest BCUT2D eigenvalue weighted by molar-refractivity contribution is 6.04. The number of urea groups is 1. The number of piperidine rings is 1. The molecule has 1 fully saturated rings. The Morgan fingerprint density at radius 1 is 1.12 bits per heavy atom. The lowest BCUT2D eigenvalue weighted by molar-refractivity contribution is -0.143. The topological polar surface area (TPSA) is 122 Å². The molecule has 1 aliphatic heterocycles. The maximum absolute atomic E-state index is 12.4. The van der Waals surface area contributed by atoms with Crippen LogP contribution in [0.1, 0.15) is 33.6 Å². The molecule has 140 valence electrons. The molecule has 1 saturated heterocycles. The predicted molar refractivity (Wildman–Crippen MR) is 90.1 cm³/mol. The first-order valence-corrected chi connectivity index (χ1v) is 7.96. The second kappa shape index (κ2) is 8.32. The number of carbonyl (C=O) groups is 4. The van der Waals surface area contributed by atoms with Crippen molar-refractivity contribution in [1.29, 1.82) is 0 Å². The van der Waals surface area contributed by atoms with Crippen molar-refractivity contribution < 1.29 is 33.8 Å². The van der Waals surface area contributed by atoms with Crippen LogP contribution in [0.4, 0.5) is 10.5 Å². The van der Waals surface area contributed by atoms with Gasteiger partial charge < -0.3 is 24.8 Å². The molecule has 1 unspecified atom stereocenters. The van der Waals surface area contributed by atoms with Gasteiger partial charge in [-0.3, -0.25) is 4.79 Å². The number of nitrogens with one attached hydrogen (secondary N) is 1. The lowest BCUT2D eigenvalue weighted by Crippen LogP contribution is -2.44. The van der Waals surface area contributed by atoms with Crippen LogP contribution < -0.4 is 5.32 Å². The highest BCUT2D eigenvalue weighted by atomic mass is 16.5. The van der Waals surface area contributed by atoms with E-state index in [0.717, 1.165) is 0 Å². The third kappa shape index (κ3) is 4.29. The molecule has 0 radical (unpaired) electrons. The molecule has 26 heavy (non-hydrogen) atoms. The fraction of sp³-hybridized carbons (Fsp3) is 0.412. The van der Waals surface area contributed by atoms with Crippen molar-refractivity contribution in [2.75, 3.05) is 32.6 Å². The number of nitrogens with zero attached hydrogens (tertiary/aromatic N) is 1. The molecule has 9 heteroatoms. The van der Waals surface area contributed by atoms with Crippen molar-refractivity contribution in [3.8, 4) is 0 Å². The Morgan fingerprint density at radius 3 is 2.38 bits per heavy atom. The molecule has 2 rings (SSSR count). The van der Waals surface area contributed by atoms with Gasteiger partial charge in [0.15, 0.2) is 0 Å². The van der Waals surface area contributed by atoms with Crippen LogP contribution in [0.2, 0.25) is 0 Å². The van der Waals surface area contributed by atoms with Crippen molar-refractivity contribution in [2.24, 2.45) is 5.92 Å². The largest absolute Gasteiger partial charge is 0.481 e. The number of hydrogen-bond acceptors (Lipinski definition) is 6. The van der Waals surface area contributed by atoms with E-state index in [-0.39, 0.29) is 23.4 Å². The number of likely N-dealkylation sites (tertiary alicyclic amines) is 1. The Kier molecular flexibility index (Phi) is 6.16. The predicted octanol–water partition coefficient (Wildman–Crippen LogP) is 1.59. The van der Waals surface area contributed by atoms with Gasteiger partial charge in [0.1, 0.15) is 0 Å². The van der Waals surface area contributed by atoms with Gasteiger partial charge >= 0.3 is 23.9 Å². The van der Waals surface area contributed by atoms with Crippen LogP contribution >= 0.6 is 0 Å². The van der Waals surface area contributed by atoms with Crippen LogP contribution in [0.25, 0.3) is 0 Å². The fourth-order valence-electron chi connectivity index (χ4n) is 2.75. The monoisotopic (exact) mass is 364 g/mol. The Hall–Kier alpha value is -3.10. The minimum atomic E-state index is -0.932. The van der Waals surface area contributed by atoms with Gasteiger partial charge in [0.2, 0.25) is 0 Å². The normalized spacial score (nSPS) is 16.5. The summed E-state index contributed by atoms with van der Waals surface area (Å²) in [6, 6.07) is 3.64. The van der Waals surface area contributed by atoms with E-state index in [1.54, 1.807) is 0 Å². The Labute approximate surface area is 149 Å². The number of rotatable bonds is 4. The summed E-state index contributed by atoms with van der Waals surface area (Å²) in [5.41, 5.74) is 0.251. The molecule has 1 atom stereocenters. The van der Waals surface area contributed by atoms with E-state index in [0.29, 0.717) is 19.4 Å². The molecule has 2 amide bonds. The van der Waals surface area contributed by atoms with Crippen LogP contribution in [-0.2, 0) is 14.3 Å². The molecule has 1 heterocycles. The van der Waals surface area contributed by atoms with Crippen molar-refractivity contribution in [3.05, 3.63) is 29.3 Å². The summed E-state index contributed by atoms with van der Waals surface area (Å²) in [5, 5.41) is 11.7. The molecule has 0 bridgehead atoms. The van der Waals surface area contributed by atoms with Crippen molar-refractivity contribution in [1.82, 2.24) is 4.90 Å². The number of anilines is 1. The van der Waals surface area contributed by atoms with Crippen molar-refractivity contribution >= 4 is 29.6 Å². The standard InChI is InChI=1S/C17H20N2O7/c1-25-15(22)12-6-5-11(8-13(12)16(23)26-2)18-17(24)19-7-3-4-10(9-19)14(20)21/h5-6,8,10H,3-4,7,9H2,1-2H3,(H,18,24)(H,20,21). The quantitative estimate of drug-likeness (QED) is 0.778. The molecular weight excluding hydrogens is 344 g/mol. The van der Waals surface area contributed by atoms with E-state index in [9.17, 15) is 19.2 Å². The number of amides is 2. The second-order valence-electron chi connectivity index (χ2n) is 5.80. The molecule has 0 spiro atoms. The number of hydrogen-bond donors (Lipinski definition) is 2. The van der Waals surface area contributed by atoms with Crippen LogP contribution in [-0.4, -0.2) is 61.3 Å². The first-order chi connectivity index (χ1) is 12.4. The van der Waals surface area contributed by atoms with E-state index in [2.05, 4.69) is 14.8 Å². The smallest absolute Gasteiger partial charge is 0.338 e. The SMILES string of the molecule is COC(=O)c1ccc(NC(=O)N2CCCC(C(=O)O)C2)cc1C(=O)OC. The molecule has 1 aliphatic rings. The van der Waals surface area contributed by atoms with E-state index in [1.165, 1.54) is 37.3 Å². The number of carbonyl (C=O) groups excluding carboxylic acids is 3. The van der Waals surface area contributed by atoms with Crippen LogP contribution in [0.5, 0.6) is 0 Å². The zero-order valence-electron chi connectivity index (χ0n) is 14.5. The van der Waals surface area contributed by atoms with Gasteiger partial charge in [-0.2, -0.15) is 0 Å². The Bertz CT molecular complexity index is 732. The summed E-state index contributed by atoms with van der Waals surface area (Å²) in [7, 11) is 2.36. The number of esters is 2. The van der Waals surface area contributed by atoms with Gasteiger partial charge in [0.05, 0.1) is 31.3 Å². The minimum Gasteiger partial charge on any atom is -0.481 e. The van der Waals surface area contributed by atoms with Gasteiger partial charge in [-0.15, -0.1) is 0 Å². The van der Waals surface area contributed by atoms with E-state index >= 15 is 0 Å². The van der Waals surface area contributed by atoms with E-state index in [1.807, 2.05) is 0 Å². The molecule has 0 saturated carbocycles. The highest BCUT2D eigenvalue weighted by Crippen LogP contribution is 2.21. The number of aliphatic carboxylic acids is 1. The van der Waals surface area contributed by atoms with Gasteiger partial charge in [-0.05, 0) is 31.0 Å². The van der Waals surface area contributed by atoms with Gasteiger partial charge in [-0.25, -0.2) is 14.4 Å². The summed E-state index contributed by atoms with van der Waals surface area (Å²) in [6.45, 7) is 0.561. The van der Waals surface area contributed by atoms with Crippen LogP contribution in [0.3, 0.4) is 0 Å². The molecule has 9 nitrogen and oxygen atoms in total. The third-order valence-electron chi connectivity index (χ3n) is 4.14. The fourth-order valence-corrected chi connectivity index (χ4v) is 2.75. The zero-order chi connectivity index (χ0) is 19.3. The average Bonchev–Trinajstić information content (AvgIpc) is 2.66.